The molecule has 0 spiro atoms. The molecule has 0 bridgehead atoms. The molecular formula is C19H23N3O3. The van der Waals surface area contributed by atoms with Crippen LogP contribution in [0.2, 0.25) is 0 Å². The zero-order chi connectivity index (χ0) is 18.2. The van der Waals surface area contributed by atoms with Gasteiger partial charge in [0.1, 0.15) is 11.6 Å². The van der Waals surface area contributed by atoms with Crippen molar-refractivity contribution in [2.24, 2.45) is 0 Å². The number of nitriles is 1. The Balaban J connectivity index is 2.04. The average Bonchev–Trinajstić information content (AvgIpc) is 2.61. The molecule has 0 aromatic heterocycles. The van der Waals surface area contributed by atoms with Crippen molar-refractivity contribution in [3.63, 3.8) is 0 Å². The molecule has 0 saturated carbocycles. The lowest BCUT2D eigenvalue weighted by Crippen LogP contribution is -2.34. The summed E-state index contributed by atoms with van der Waals surface area (Å²) >= 11 is 0. The van der Waals surface area contributed by atoms with Gasteiger partial charge < -0.3 is 15.0 Å². The van der Waals surface area contributed by atoms with Crippen LogP contribution in [0.1, 0.15) is 43.5 Å². The van der Waals surface area contributed by atoms with Gasteiger partial charge in [-0.15, -0.1) is 0 Å². The Labute approximate surface area is 148 Å². The Morgan fingerprint density at radius 1 is 1.36 bits per heavy atom. The van der Waals surface area contributed by atoms with Crippen molar-refractivity contribution < 1.29 is 14.3 Å². The van der Waals surface area contributed by atoms with E-state index in [9.17, 15) is 14.9 Å². The van der Waals surface area contributed by atoms with Crippen molar-refractivity contribution in [3.05, 3.63) is 41.6 Å². The molecule has 1 amide bonds. The molecule has 1 unspecified atom stereocenters. The van der Waals surface area contributed by atoms with Gasteiger partial charge in [-0.1, -0.05) is 0 Å². The predicted octanol–water partition coefficient (Wildman–Crippen LogP) is 3.08. The minimum absolute atomic E-state index is 0.0724. The van der Waals surface area contributed by atoms with E-state index in [4.69, 9.17) is 4.74 Å². The van der Waals surface area contributed by atoms with Crippen LogP contribution in [0.25, 0.3) is 0 Å². The first-order valence-corrected chi connectivity index (χ1v) is 8.51. The molecule has 1 atom stereocenters. The van der Waals surface area contributed by atoms with Crippen molar-refractivity contribution >= 4 is 17.6 Å². The van der Waals surface area contributed by atoms with E-state index in [-0.39, 0.29) is 5.57 Å². The summed E-state index contributed by atoms with van der Waals surface area (Å²) in [6.07, 6.45) is 4.95. The number of piperidine rings is 1. The Morgan fingerprint density at radius 2 is 2.08 bits per heavy atom. The van der Waals surface area contributed by atoms with Crippen LogP contribution >= 0.6 is 0 Å². The summed E-state index contributed by atoms with van der Waals surface area (Å²) in [4.78, 5) is 26.0. The molecule has 2 rings (SSSR count). The molecule has 0 radical (unpaired) electrons. The molecule has 1 aliphatic heterocycles. The van der Waals surface area contributed by atoms with E-state index in [0.29, 0.717) is 23.9 Å². The van der Waals surface area contributed by atoms with Crippen molar-refractivity contribution in [3.8, 4) is 6.07 Å². The van der Waals surface area contributed by atoms with Gasteiger partial charge in [0.15, 0.2) is 0 Å². The number of likely N-dealkylation sites (tertiary alicyclic amines) is 1. The largest absolute Gasteiger partial charge is 0.462 e. The maximum absolute atomic E-state index is 12.3. The fourth-order valence-electron chi connectivity index (χ4n) is 2.72. The first-order chi connectivity index (χ1) is 12.0. The second-order valence-corrected chi connectivity index (χ2v) is 5.99. The number of anilines is 1. The molecule has 1 fully saturated rings. The second kappa shape index (κ2) is 8.88. The Bertz CT molecular complexity index is 689. The summed E-state index contributed by atoms with van der Waals surface area (Å²) in [7, 11) is 0. The van der Waals surface area contributed by atoms with E-state index in [1.165, 1.54) is 6.42 Å². The number of carbonyl (C=O) groups is 2. The van der Waals surface area contributed by atoms with Gasteiger partial charge >= 0.3 is 5.97 Å². The smallest absolute Gasteiger partial charge is 0.338 e. The molecule has 1 heterocycles. The van der Waals surface area contributed by atoms with E-state index in [1.807, 2.05) is 11.0 Å². The van der Waals surface area contributed by atoms with Gasteiger partial charge in [0, 0.05) is 24.5 Å². The number of hydrogen-bond donors (Lipinski definition) is 1. The highest BCUT2D eigenvalue weighted by Gasteiger charge is 2.18. The third-order valence-electron chi connectivity index (χ3n) is 4.17. The zero-order valence-corrected chi connectivity index (χ0v) is 14.6. The van der Waals surface area contributed by atoms with Crippen LogP contribution in [0, 0.1) is 11.3 Å². The molecule has 25 heavy (non-hydrogen) atoms. The molecular weight excluding hydrogens is 318 g/mol. The molecule has 132 valence electrons. The van der Waals surface area contributed by atoms with Gasteiger partial charge in [0.2, 0.25) is 0 Å². The lowest BCUT2D eigenvalue weighted by molar-refractivity contribution is -0.112. The minimum Gasteiger partial charge on any atom is -0.462 e. The number of hydrogen-bond acceptors (Lipinski definition) is 5. The van der Waals surface area contributed by atoms with Crippen molar-refractivity contribution in [1.29, 1.82) is 5.26 Å². The summed E-state index contributed by atoms with van der Waals surface area (Å²) in [6, 6.07) is 8.68. The fraction of sp³-hybridized carbons (Fsp3) is 0.421. The maximum atomic E-state index is 12.3. The van der Waals surface area contributed by atoms with Crippen LogP contribution in [-0.2, 0) is 9.53 Å². The van der Waals surface area contributed by atoms with Crippen LogP contribution in [0.4, 0.5) is 5.69 Å². The number of nitrogens with one attached hydrogen (secondary N) is 1. The Morgan fingerprint density at radius 3 is 2.68 bits per heavy atom. The standard InChI is InChI=1S/C19H23N3O3/c1-3-25-19(24)15-7-9-17(10-8-15)21-18(23)16(12-20)13-22-11-5-4-6-14(22)2/h7-10,13-14H,3-6,11H2,1-2H3,(H,21,23)/b16-13-. The van der Waals surface area contributed by atoms with E-state index >= 15 is 0 Å². The van der Waals surface area contributed by atoms with Gasteiger partial charge in [-0.3, -0.25) is 4.79 Å². The highest BCUT2D eigenvalue weighted by atomic mass is 16.5. The van der Waals surface area contributed by atoms with Crippen LogP contribution in [0.15, 0.2) is 36.0 Å². The number of esters is 1. The fourth-order valence-corrected chi connectivity index (χ4v) is 2.72. The number of ether oxygens (including phenoxy) is 1. The number of nitrogens with zero attached hydrogens (tertiary/aromatic N) is 2. The normalized spacial score (nSPS) is 17.6. The number of benzene rings is 1. The van der Waals surface area contributed by atoms with Crippen molar-refractivity contribution in [2.45, 2.75) is 39.2 Å². The highest BCUT2D eigenvalue weighted by Crippen LogP contribution is 2.18. The zero-order valence-electron chi connectivity index (χ0n) is 14.6. The van der Waals surface area contributed by atoms with Crippen LogP contribution in [0.5, 0.6) is 0 Å². The first kappa shape index (κ1) is 18.5. The Hall–Kier alpha value is -2.81. The van der Waals surface area contributed by atoms with Gasteiger partial charge in [-0.05, 0) is 57.4 Å². The molecule has 1 N–H and O–H groups in total. The SMILES string of the molecule is CCOC(=O)c1ccc(NC(=O)/C(C#N)=C\N2CCCCC2C)cc1. The predicted molar refractivity (Wildman–Crippen MR) is 94.7 cm³/mol. The van der Waals surface area contributed by atoms with Crippen LogP contribution < -0.4 is 5.32 Å². The molecule has 6 nitrogen and oxygen atoms in total. The quantitative estimate of drug-likeness (QED) is 0.505. The molecule has 1 aromatic carbocycles. The second-order valence-electron chi connectivity index (χ2n) is 5.99. The summed E-state index contributed by atoms with van der Waals surface area (Å²) < 4.78 is 4.92. The molecule has 1 aromatic rings. The first-order valence-electron chi connectivity index (χ1n) is 8.51. The van der Waals surface area contributed by atoms with Crippen molar-refractivity contribution in [2.75, 3.05) is 18.5 Å². The van der Waals surface area contributed by atoms with Crippen LogP contribution in [0.3, 0.4) is 0 Å². The summed E-state index contributed by atoms with van der Waals surface area (Å²) in [5.41, 5.74) is 1.01. The summed E-state index contributed by atoms with van der Waals surface area (Å²) in [5.74, 6) is -0.860. The Kier molecular flexibility index (Phi) is 6.58. The average molecular weight is 341 g/mol. The molecule has 1 aliphatic rings. The van der Waals surface area contributed by atoms with Gasteiger partial charge in [-0.25, -0.2) is 4.79 Å². The number of rotatable bonds is 5. The molecule has 6 heteroatoms. The van der Waals surface area contributed by atoms with E-state index in [1.54, 1.807) is 37.4 Å². The van der Waals surface area contributed by atoms with Crippen LogP contribution in [-0.4, -0.2) is 36.0 Å². The van der Waals surface area contributed by atoms with Crippen molar-refractivity contribution in [1.82, 2.24) is 4.90 Å². The minimum atomic E-state index is -0.454. The lowest BCUT2D eigenvalue weighted by Gasteiger charge is -2.32. The summed E-state index contributed by atoms with van der Waals surface area (Å²) in [6.45, 7) is 5.00. The van der Waals surface area contributed by atoms with E-state index in [0.717, 1.165) is 19.4 Å². The lowest BCUT2D eigenvalue weighted by atomic mass is 10.0. The number of carbonyl (C=O) groups excluding carboxylic acids is 2. The van der Waals surface area contributed by atoms with Gasteiger partial charge in [-0.2, -0.15) is 5.26 Å². The highest BCUT2D eigenvalue weighted by molar-refractivity contribution is 6.06. The van der Waals surface area contributed by atoms with Gasteiger partial charge in [0.25, 0.3) is 5.91 Å². The topological polar surface area (TPSA) is 82.4 Å². The monoisotopic (exact) mass is 341 g/mol. The van der Waals surface area contributed by atoms with E-state index < -0.39 is 11.9 Å². The molecule has 1 saturated heterocycles. The number of amides is 1. The van der Waals surface area contributed by atoms with Gasteiger partial charge in [0.05, 0.1) is 12.2 Å². The third-order valence-corrected chi connectivity index (χ3v) is 4.17. The maximum Gasteiger partial charge on any atom is 0.338 e. The third kappa shape index (κ3) is 5.08. The van der Waals surface area contributed by atoms with E-state index in [2.05, 4.69) is 12.2 Å². The summed E-state index contributed by atoms with van der Waals surface area (Å²) in [5, 5.41) is 12.0. The molecule has 0 aliphatic carbocycles.